The number of carbonyl (C=O) groups excluding carboxylic acids is 2. The second-order valence-electron chi connectivity index (χ2n) is 7.77. The predicted molar refractivity (Wildman–Crippen MR) is 116 cm³/mol. The number of anilines is 2. The Morgan fingerprint density at radius 3 is 2.37 bits per heavy atom. The highest BCUT2D eigenvalue weighted by Crippen LogP contribution is 2.32. The molecule has 2 N–H and O–H groups in total. The zero-order valence-corrected chi connectivity index (χ0v) is 17.4. The predicted octanol–water partition coefficient (Wildman–Crippen LogP) is 3.89. The van der Waals surface area contributed by atoms with Crippen LogP contribution in [0.5, 0.6) is 0 Å². The molecule has 2 aromatic rings. The first-order chi connectivity index (χ1) is 14.3. The Labute approximate surface area is 175 Å². The summed E-state index contributed by atoms with van der Waals surface area (Å²) in [5.41, 5.74) is 2.47. The van der Waals surface area contributed by atoms with Gasteiger partial charge in [-0.15, -0.1) is 0 Å². The van der Waals surface area contributed by atoms with Gasteiger partial charge in [-0.25, -0.2) is 0 Å². The molecular weight excluding hydrogens is 384 g/mol. The molecule has 8 nitrogen and oxygen atoms in total. The molecule has 30 heavy (non-hydrogen) atoms. The summed E-state index contributed by atoms with van der Waals surface area (Å²) in [6.45, 7) is 7.12. The van der Waals surface area contributed by atoms with Crippen LogP contribution in [0.4, 0.5) is 17.1 Å². The summed E-state index contributed by atoms with van der Waals surface area (Å²) in [4.78, 5) is 37.9. The van der Waals surface area contributed by atoms with E-state index in [2.05, 4.69) is 10.6 Å². The van der Waals surface area contributed by atoms with Crippen molar-refractivity contribution in [1.82, 2.24) is 5.32 Å². The molecule has 0 saturated carbocycles. The van der Waals surface area contributed by atoms with Gasteiger partial charge >= 0.3 is 0 Å². The molecule has 1 heterocycles. The number of rotatable bonds is 6. The molecule has 0 spiro atoms. The van der Waals surface area contributed by atoms with Crippen molar-refractivity contribution in [1.29, 1.82) is 0 Å². The van der Waals surface area contributed by atoms with Gasteiger partial charge in [0.05, 0.1) is 4.92 Å². The maximum Gasteiger partial charge on any atom is 0.293 e. The van der Waals surface area contributed by atoms with Gasteiger partial charge < -0.3 is 15.5 Å². The summed E-state index contributed by atoms with van der Waals surface area (Å²) in [6, 6.07) is 9.60. The van der Waals surface area contributed by atoms with Gasteiger partial charge in [0.25, 0.3) is 17.5 Å². The molecule has 1 aliphatic rings. The molecule has 0 aliphatic carbocycles. The lowest BCUT2D eigenvalue weighted by molar-refractivity contribution is -0.384. The van der Waals surface area contributed by atoms with E-state index >= 15 is 0 Å². The van der Waals surface area contributed by atoms with Crippen LogP contribution in [0, 0.1) is 17.0 Å². The Balaban J connectivity index is 1.78. The average molecular weight is 410 g/mol. The Kier molecular flexibility index (Phi) is 6.34. The van der Waals surface area contributed by atoms with E-state index in [0.717, 1.165) is 31.5 Å². The lowest BCUT2D eigenvalue weighted by atomic mass is 10.1. The molecule has 1 saturated heterocycles. The summed E-state index contributed by atoms with van der Waals surface area (Å²) in [7, 11) is 0. The van der Waals surface area contributed by atoms with Crippen molar-refractivity contribution in [3.63, 3.8) is 0 Å². The van der Waals surface area contributed by atoms with Gasteiger partial charge in [-0.05, 0) is 69.5 Å². The standard InChI is InChI=1S/C22H26N4O4/c1-14(2)23-22(28)18-8-7-17(12-15(18)3)24-21(27)16-6-9-19(20(13-16)26(29)30)25-10-4-5-11-25/h6-9,12-14H,4-5,10-11H2,1-3H3,(H,23,28)(H,24,27). The molecule has 0 radical (unpaired) electrons. The summed E-state index contributed by atoms with van der Waals surface area (Å²) in [6.07, 6.45) is 2.01. The lowest BCUT2D eigenvalue weighted by Crippen LogP contribution is -2.30. The monoisotopic (exact) mass is 410 g/mol. The van der Waals surface area contributed by atoms with Crippen LogP contribution in [0.15, 0.2) is 36.4 Å². The van der Waals surface area contributed by atoms with E-state index in [-0.39, 0.29) is 23.2 Å². The van der Waals surface area contributed by atoms with Crippen LogP contribution in [-0.2, 0) is 0 Å². The summed E-state index contributed by atoms with van der Waals surface area (Å²) in [5.74, 6) is -0.613. The molecule has 1 aliphatic heterocycles. The van der Waals surface area contributed by atoms with Crippen LogP contribution in [0.3, 0.4) is 0 Å². The van der Waals surface area contributed by atoms with Crippen LogP contribution in [0.1, 0.15) is 53.0 Å². The van der Waals surface area contributed by atoms with Crippen molar-refractivity contribution in [2.45, 2.75) is 39.7 Å². The van der Waals surface area contributed by atoms with Crippen molar-refractivity contribution >= 4 is 28.9 Å². The second-order valence-corrected chi connectivity index (χ2v) is 7.77. The highest BCUT2D eigenvalue weighted by atomic mass is 16.6. The molecule has 0 atom stereocenters. The average Bonchev–Trinajstić information content (AvgIpc) is 3.21. The van der Waals surface area contributed by atoms with Crippen molar-refractivity contribution in [2.24, 2.45) is 0 Å². The molecule has 0 bridgehead atoms. The van der Waals surface area contributed by atoms with E-state index < -0.39 is 10.8 Å². The number of hydrogen-bond donors (Lipinski definition) is 2. The summed E-state index contributed by atoms with van der Waals surface area (Å²) >= 11 is 0. The first-order valence-electron chi connectivity index (χ1n) is 10.0. The van der Waals surface area contributed by atoms with Crippen LogP contribution in [-0.4, -0.2) is 35.9 Å². The largest absolute Gasteiger partial charge is 0.366 e. The van der Waals surface area contributed by atoms with Crippen molar-refractivity contribution in [2.75, 3.05) is 23.3 Å². The Morgan fingerprint density at radius 1 is 1.07 bits per heavy atom. The minimum Gasteiger partial charge on any atom is -0.366 e. The van der Waals surface area contributed by atoms with Crippen LogP contribution >= 0.6 is 0 Å². The maximum absolute atomic E-state index is 12.7. The number of carbonyl (C=O) groups is 2. The van der Waals surface area contributed by atoms with Gasteiger partial charge in [-0.1, -0.05) is 0 Å². The molecule has 8 heteroatoms. The fraction of sp³-hybridized carbons (Fsp3) is 0.364. The molecule has 2 amide bonds. The molecule has 0 unspecified atom stereocenters. The minimum atomic E-state index is -0.448. The van der Waals surface area contributed by atoms with E-state index in [1.807, 2.05) is 18.7 Å². The molecule has 158 valence electrons. The number of aryl methyl sites for hydroxylation is 1. The topological polar surface area (TPSA) is 105 Å². The van der Waals surface area contributed by atoms with Crippen molar-refractivity contribution < 1.29 is 14.5 Å². The number of hydrogen-bond acceptors (Lipinski definition) is 5. The quantitative estimate of drug-likeness (QED) is 0.555. The number of amides is 2. The Morgan fingerprint density at radius 2 is 1.77 bits per heavy atom. The smallest absolute Gasteiger partial charge is 0.293 e. The summed E-state index contributed by atoms with van der Waals surface area (Å²) in [5, 5.41) is 17.1. The van der Waals surface area contributed by atoms with E-state index in [1.54, 1.807) is 37.3 Å². The number of nitrogens with zero attached hydrogens (tertiary/aromatic N) is 2. The third kappa shape index (κ3) is 4.76. The highest BCUT2D eigenvalue weighted by Gasteiger charge is 2.24. The van der Waals surface area contributed by atoms with Gasteiger partial charge in [-0.3, -0.25) is 19.7 Å². The lowest BCUT2D eigenvalue weighted by Gasteiger charge is -2.18. The summed E-state index contributed by atoms with van der Waals surface area (Å²) < 4.78 is 0. The fourth-order valence-electron chi connectivity index (χ4n) is 3.58. The minimum absolute atomic E-state index is 0.0237. The van der Waals surface area contributed by atoms with E-state index in [1.165, 1.54) is 6.07 Å². The first-order valence-corrected chi connectivity index (χ1v) is 10.0. The van der Waals surface area contributed by atoms with Gasteiger partial charge in [0, 0.05) is 42.0 Å². The highest BCUT2D eigenvalue weighted by molar-refractivity contribution is 6.05. The van der Waals surface area contributed by atoms with Gasteiger partial charge in [-0.2, -0.15) is 0 Å². The zero-order valence-electron chi connectivity index (χ0n) is 17.4. The van der Waals surface area contributed by atoms with Gasteiger partial charge in [0.15, 0.2) is 0 Å². The van der Waals surface area contributed by atoms with Crippen molar-refractivity contribution in [3.05, 3.63) is 63.2 Å². The normalized spacial score (nSPS) is 13.4. The number of benzene rings is 2. The van der Waals surface area contributed by atoms with Crippen molar-refractivity contribution in [3.8, 4) is 0 Å². The third-order valence-electron chi connectivity index (χ3n) is 5.03. The third-order valence-corrected chi connectivity index (χ3v) is 5.03. The van der Waals surface area contributed by atoms with E-state index in [0.29, 0.717) is 16.9 Å². The Bertz CT molecular complexity index is 981. The van der Waals surface area contributed by atoms with Gasteiger partial charge in [0.1, 0.15) is 5.69 Å². The number of nitro benzene ring substituents is 1. The molecule has 1 fully saturated rings. The van der Waals surface area contributed by atoms with Gasteiger partial charge in [0.2, 0.25) is 0 Å². The Hall–Kier alpha value is -3.42. The fourth-order valence-corrected chi connectivity index (χ4v) is 3.58. The van der Waals surface area contributed by atoms with Crippen LogP contribution in [0.25, 0.3) is 0 Å². The van der Waals surface area contributed by atoms with E-state index in [9.17, 15) is 19.7 Å². The van der Waals surface area contributed by atoms with Crippen LogP contribution in [0.2, 0.25) is 0 Å². The second kappa shape index (κ2) is 8.94. The molecule has 2 aromatic carbocycles. The van der Waals surface area contributed by atoms with Crippen LogP contribution < -0.4 is 15.5 Å². The SMILES string of the molecule is Cc1cc(NC(=O)c2ccc(N3CCCC3)c([N+](=O)[O-])c2)ccc1C(=O)NC(C)C. The molecular formula is C22H26N4O4. The first kappa shape index (κ1) is 21.3. The van der Waals surface area contributed by atoms with E-state index in [4.69, 9.17) is 0 Å². The molecule has 0 aromatic heterocycles. The maximum atomic E-state index is 12.7. The zero-order chi connectivity index (χ0) is 21.8. The number of nitrogens with one attached hydrogen (secondary N) is 2. The number of nitro groups is 1. The molecule has 3 rings (SSSR count).